The van der Waals surface area contributed by atoms with Gasteiger partial charge in [-0.05, 0) is 104 Å². The Morgan fingerprint density at radius 1 is 1.03 bits per heavy atom. The van der Waals surface area contributed by atoms with Crippen LogP contribution in [0, 0.1) is 3.57 Å². The van der Waals surface area contributed by atoms with Crippen molar-refractivity contribution in [3.05, 3.63) is 90.8 Å². The molecule has 3 aromatic carbocycles. The first-order valence-corrected chi connectivity index (χ1v) is 12.2. The summed E-state index contributed by atoms with van der Waals surface area (Å²) in [5.74, 6) is 0.788. The van der Waals surface area contributed by atoms with E-state index in [1.807, 2.05) is 42.5 Å². The van der Waals surface area contributed by atoms with Crippen molar-refractivity contribution in [3.63, 3.8) is 0 Å². The van der Waals surface area contributed by atoms with Crippen LogP contribution in [0.1, 0.15) is 11.1 Å². The molecule has 1 aliphatic rings. The number of halogens is 2. The van der Waals surface area contributed by atoms with Crippen LogP contribution in [0.2, 0.25) is 0 Å². The number of amides is 2. The molecule has 0 bridgehead atoms. The Morgan fingerprint density at radius 3 is 2.50 bits per heavy atom. The number of ether oxygens (including phenoxy) is 2. The quantitative estimate of drug-likeness (QED) is 0.222. The van der Waals surface area contributed by atoms with Crippen molar-refractivity contribution in [3.8, 4) is 11.5 Å². The number of methoxy groups -OCH3 is 1. The fourth-order valence-corrected chi connectivity index (χ4v) is 4.81. The second-order valence-corrected chi connectivity index (χ2v) is 9.89. The predicted molar refractivity (Wildman–Crippen MR) is 139 cm³/mol. The number of nitrogens with zero attached hydrogens (tertiary/aromatic N) is 1. The molecule has 0 unspecified atom stereocenters. The first-order valence-electron chi connectivity index (χ1n) is 9.54. The van der Waals surface area contributed by atoms with Crippen LogP contribution >= 0.6 is 50.3 Å². The minimum absolute atomic E-state index is 0.348. The van der Waals surface area contributed by atoms with Crippen molar-refractivity contribution < 1.29 is 19.1 Å². The van der Waals surface area contributed by atoms with Gasteiger partial charge in [0.25, 0.3) is 11.1 Å². The highest BCUT2D eigenvalue weighted by Gasteiger charge is 2.37. The Bertz CT molecular complexity index is 1210. The van der Waals surface area contributed by atoms with E-state index < -0.39 is 0 Å². The van der Waals surface area contributed by atoms with Gasteiger partial charge in [-0.25, -0.2) is 4.90 Å². The summed E-state index contributed by atoms with van der Waals surface area (Å²) in [7, 11) is 1.51. The molecule has 0 atom stereocenters. The Kier molecular flexibility index (Phi) is 7.22. The molecule has 1 fully saturated rings. The normalized spacial score (nSPS) is 14.8. The van der Waals surface area contributed by atoms with Crippen molar-refractivity contribution in [2.75, 3.05) is 12.0 Å². The number of hydrogen-bond acceptors (Lipinski definition) is 5. The van der Waals surface area contributed by atoms with Crippen molar-refractivity contribution in [2.24, 2.45) is 0 Å². The molecule has 1 heterocycles. The molecule has 0 N–H and O–H groups in total. The van der Waals surface area contributed by atoms with Gasteiger partial charge < -0.3 is 9.47 Å². The minimum Gasteiger partial charge on any atom is -0.495 e. The van der Waals surface area contributed by atoms with Crippen molar-refractivity contribution in [1.29, 1.82) is 0 Å². The van der Waals surface area contributed by atoms with E-state index >= 15 is 0 Å². The molecule has 0 aromatic heterocycles. The third-order valence-electron chi connectivity index (χ3n) is 4.68. The lowest BCUT2D eigenvalue weighted by Crippen LogP contribution is -2.28. The van der Waals surface area contributed by atoms with Gasteiger partial charge in [0.15, 0.2) is 0 Å². The van der Waals surface area contributed by atoms with Gasteiger partial charge in [-0.1, -0.05) is 30.3 Å². The number of thioether (sulfide) groups is 1. The van der Waals surface area contributed by atoms with Crippen LogP contribution in [0.4, 0.5) is 10.5 Å². The van der Waals surface area contributed by atoms with E-state index in [9.17, 15) is 9.59 Å². The van der Waals surface area contributed by atoms with Gasteiger partial charge in [0.1, 0.15) is 18.1 Å². The number of carbonyl (C=O) groups excluding carboxylic acids is 2. The molecule has 162 valence electrons. The number of benzene rings is 3. The molecule has 0 saturated carbocycles. The SMILES string of the molecule is COc1ccccc1N1C(=O)S/C(=C\c2ccc(OCc3ccc(I)cc3)c(Br)c2)C1=O. The average Bonchev–Trinajstić information content (AvgIpc) is 3.07. The number of anilines is 1. The van der Waals surface area contributed by atoms with Crippen LogP contribution in [0.25, 0.3) is 6.08 Å². The van der Waals surface area contributed by atoms with E-state index in [-0.39, 0.29) is 11.1 Å². The van der Waals surface area contributed by atoms with Crippen LogP contribution in [-0.2, 0) is 11.4 Å². The van der Waals surface area contributed by atoms with Gasteiger partial charge in [-0.3, -0.25) is 9.59 Å². The Labute approximate surface area is 212 Å². The molecule has 2 amide bonds. The molecule has 8 heteroatoms. The number of imide groups is 1. The summed E-state index contributed by atoms with van der Waals surface area (Å²) in [6.45, 7) is 0.451. The summed E-state index contributed by atoms with van der Waals surface area (Å²) in [5.41, 5.74) is 2.29. The highest BCUT2D eigenvalue weighted by atomic mass is 127. The lowest BCUT2D eigenvalue weighted by molar-refractivity contribution is -0.113. The Morgan fingerprint density at radius 2 is 1.78 bits per heavy atom. The summed E-state index contributed by atoms with van der Waals surface area (Å²) >= 11 is 6.71. The number of hydrogen-bond donors (Lipinski definition) is 0. The maximum atomic E-state index is 12.9. The van der Waals surface area contributed by atoms with Gasteiger partial charge in [-0.15, -0.1) is 0 Å². The number of rotatable bonds is 6. The van der Waals surface area contributed by atoms with E-state index in [0.29, 0.717) is 28.7 Å². The Balaban J connectivity index is 1.51. The van der Waals surface area contributed by atoms with Crippen molar-refractivity contribution in [1.82, 2.24) is 0 Å². The second-order valence-electron chi connectivity index (χ2n) is 6.79. The van der Waals surface area contributed by atoms with Gasteiger partial charge in [0.05, 0.1) is 22.2 Å². The number of carbonyl (C=O) groups is 2. The van der Waals surface area contributed by atoms with Crippen molar-refractivity contribution in [2.45, 2.75) is 6.61 Å². The minimum atomic E-state index is -0.375. The van der Waals surface area contributed by atoms with E-state index in [2.05, 4.69) is 38.5 Å². The van der Waals surface area contributed by atoms with Crippen LogP contribution in [-0.4, -0.2) is 18.3 Å². The molecule has 0 radical (unpaired) electrons. The summed E-state index contributed by atoms with van der Waals surface area (Å²) in [6.07, 6.45) is 1.70. The highest BCUT2D eigenvalue weighted by Crippen LogP contribution is 2.40. The zero-order chi connectivity index (χ0) is 22.7. The van der Waals surface area contributed by atoms with Gasteiger partial charge in [0.2, 0.25) is 0 Å². The monoisotopic (exact) mass is 621 g/mol. The van der Waals surface area contributed by atoms with Crippen LogP contribution in [0.5, 0.6) is 11.5 Å². The first kappa shape index (κ1) is 22.9. The highest BCUT2D eigenvalue weighted by molar-refractivity contribution is 14.1. The Hall–Kier alpha value is -2.30. The summed E-state index contributed by atoms with van der Waals surface area (Å²) in [5, 5.41) is -0.359. The topological polar surface area (TPSA) is 55.8 Å². The summed E-state index contributed by atoms with van der Waals surface area (Å²) < 4.78 is 13.1. The zero-order valence-electron chi connectivity index (χ0n) is 16.9. The fraction of sp³-hybridized carbons (Fsp3) is 0.0833. The van der Waals surface area contributed by atoms with Gasteiger partial charge in [0, 0.05) is 3.57 Å². The van der Waals surface area contributed by atoms with Crippen LogP contribution in [0.3, 0.4) is 0 Å². The molecule has 32 heavy (non-hydrogen) atoms. The van der Waals surface area contributed by atoms with Crippen LogP contribution < -0.4 is 14.4 Å². The summed E-state index contributed by atoms with van der Waals surface area (Å²) in [4.78, 5) is 27.0. The third kappa shape index (κ3) is 5.02. The molecule has 1 aliphatic heterocycles. The fourth-order valence-electron chi connectivity index (χ4n) is 3.11. The second kappa shape index (κ2) is 10.1. The van der Waals surface area contributed by atoms with Gasteiger partial charge >= 0.3 is 0 Å². The maximum Gasteiger partial charge on any atom is 0.298 e. The molecule has 0 aliphatic carbocycles. The zero-order valence-corrected chi connectivity index (χ0v) is 21.4. The van der Waals surface area contributed by atoms with E-state index in [4.69, 9.17) is 9.47 Å². The van der Waals surface area contributed by atoms with E-state index in [1.54, 1.807) is 30.3 Å². The number of para-hydroxylation sites is 2. The van der Waals surface area contributed by atoms with E-state index in [1.165, 1.54) is 10.7 Å². The smallest absolute Gasteiger partial charge is 0.298 e. The lowest BCUT2D eigenvalue weighted by atomic mass is 10.2. The molecular formula is C24H17BrINO4S. The predicted octanol–water partition coefficient (Wildman–Crippen LogP) is 6.88. The average molecular weight is 622 g/mol. The molecule has 4 rings (SSSR count). The molecule has 3 aromatic rings. The maximum absolute atomic E-state index is 12.9. The standard InChI is InChI=1S/C24H17BrINO4S/c1-30-21-5-3-2-4-19(21)27-23(28)22(32-24(27)29)13-16-8-11-20(18(25)12-16)31-14-15-6-9-17(26)10-7-15/h2-13H,14H2,1H3/b22-13-. The van der Waals surface area contributed by atoms with Crippen LogP contribution in [0.15, 0.2) is 76.1 Å². The molecule has 1 saturated heterocycles. The lowest BCUT2D eigenvalue weighted by Gasteiger charge is -2.15. The molecule has 0 spiro atoms. The third-order valence-corrected chi connectivity index (χ3v) is 6.89. The van der Waals surface area contributed by atoms with Crippen molar-refractivity contribution >= 4 is 73.2 Å². The summed E-state index contributed by atoms with van der Waals surface area (Å²) in [6, 6.07) is 20.6. The molecule has 5 nitrogen and oxygen atoms in total. The molecular weight excluding hydrogens is 605 g/mol. The van der Waals surface area contributed by atoms with Gasteiger partial charge in [-0.2, -0.15) is 0 Å². The first-order chi connectivity index (χ1) is 15.5. The largest absolute Gasteiger partial charge is 0.495 e. The van der Waals surface area contributed by atoms with E-state index in [0.717, 1.165) is 32.3 Å².